The second-order valence-electron chi connectivity index (χ2n) is 4.67. The summed E-state index contributed by atoms with van der Waals surface area (Å²) >= 11 is 5.79. The highest BCUT2D eigenvalue weighted by molar-refractivity contribution is 6.32. The molecule has 6 heteroatoms. The van der Waals surface area contributed by atoms with Gasteiger partial charge in [0.2, 0.25) is 0 Å². The van der Waals surface area contributed by atoms with Gasteiger partial charge in [-0.2, -0.15) is 13.2 Å². The molecule has 0 spiro atoms. The van der Waals surface area contributed by atoms with Crippen LogP contribution in [0, 0.1) is 6.92 Å². The minimum atomic E-state index is -4.37. The number of aromatic hydroxyl groups is 1. The summed E-state index contributed by atoms with van der Waals surface area (Å²) in [6.07, 6.45) is -4.37. The maximum Gasteiger partial charge on any atom is 0.416 e. The van der Waals surface area contributed by atoms with Crippen molar-refractivity contribution >= 4 is 17.3 Å². The van der Waals surface area contributed by atoms with Crippen LogP contribution in [0.15, 0.2) is 36.4 Å². The maximum absolute atomic E-state index is 12.7. The van der Waals surface area contributed by atoms with Crippen LogP contribution in [-0.4, -0.2) is 5.11 Å². The highest BCUT2D eigenvalue weighted by Crippen LogP contribution is 2.32. The summed E-state index contributed by atoms with van der Waals surface area (Å²) < 4.78 is 38.1. The van der Waals surface area contributed by atoms with Gasteiger partial charge in [0.15, 0.2) is 0 Å². The van der Waals surface area contributed by atoms with Crippen LogP contribution in [0.3, 0.4) is 0 Å². The number of hydrogen-bond acceptors (Lipinski definition) is 2. The van der Waals surface area contributed by atoms with E-state index in [4.69, 9.17) is 11.6 Å². The lowest BCUT2D eigenvalue weighted by molar-refractivity contribution is -0.137. The second-order valence-corrected chi connectivity index (χ2v) is 5.07. The third kappa shape index (κ3) is 3.82. The van der Waals surface area contributed by atoms with Crippen LogP contribution in [0.1, 0.15) is 16.7 Å². The summed E-state index contributed by atoms with van der Waals surface area (Å²) in [4.78, 5) is 0. The van der Waals surface area contributed by atoms with Gasteiger partial charge in [0.25, 0.3) is 0 Å². The molecule has 0 aliphatic heterocycles. The van der Waals surface area contributed by atoms with Crippen LogP contribution >= 0.6 is 11.6 Å². The van der Waals surface area contributed by atoms with E-state index in [0.29, 0.717) is 17.8 Å². The van der Waals surface area contributed by atoms with Gasteiger partial charge < -0.3 is 10.4 Å². The van der Waals surface area contributed by atoms with Crippen molar-refractivity contribution in [1.82, 2.24) is 0 Å². The van der Waals surface area contributed by atoms with E-state index in [2.05, 4.69) is 5.32 Å². The van der Waals surface area contributed by atoms with E-state index < -0.39 is 11.7 Å². The molecule has 0 radical (unpaired) electrons. The van der Waals surface area contributed by atoms with Crippen LogP contribution in [-0.2, 0) is 12.7 Å². The average molecular weight is 316 g/mol. The number of halogens is 4. The summed E-state index contributed by atoms with van der Waals surface area (Å²) in [5.74, 6) is -0.0318. The first kappa shape index (κ1) is 15.5. The number of benzene rings is 2. The smallest absolute Gasteiger partial charge is 0.416 e. The van der Waals surface area contributed by atoms with Gasteiger partial charge in [0, 0.05) is 12.2 Å². The monoisotopic (exact) mass is 315 g/mol. The molecule has 0 atom stereocenters. The molecule has 0 bridgehead atoms. The van der Waals surface area contributed by atoms with Crippen LogP contribution in [0.25, 0.3) is 0 Å². The van der Waals surface area contributed by atoms with E-state index in [1.54, 1.807) is 19.1 Å². The maximum atomic E-state index is 12.7. The second kappa shape index (κ2) is 5.85. The quantitative estimate of drug-likeness (QED) is 0.836. The Morgan fingerprint density at radius 1 is 1.14 bits per heavy atom. The zero-order valence-electron chi connectivity index (χ0n) is 11.1. The predicted octanol–water partition coefficient (Wildman–Crippen LogP) is 4.98. The van der Waals surface area contributed by atoms with E-state index in [-0.39, 0.29) is 10.8 Å². The molecule has 0 aliphatic rings. The number of phenols is 1. The first-order valence-corrected chi connectivity index (χ1v) is 6.54. The largest absolute Gasteiger partial charge is 0.506 e. The molecule has 0 amide bonds. The molecule has 0 aliphatic carbocycles. The number of aryl methyl sites for hydroxylation is 1. The van der Waals surface area contributed by atoms with E-state index in [9.17, 15) is 18.3 Å². The number of nitrogens with one attached hydrogen (secondary N) is 1. The Balaban J connectivity index is 2.17. The lowest BCUT2D eigenvalue weighted by atomic mass is 10.1. The number of alkyl halides is 3. The van der Waals surface area contributed by atoms with Crippen LogP contribution in [0.5, 0.6) is 5.75 Å². The fourth-order valence-electron chi connectivity index (χ4n) is 1.85. The number of rotatable bonds is 3. The topological polar surface area (TPSA) is 32.3 Å². The molecule has 2 aromatic rings. The molecule has 0 unspecified atom stereocenters. The summed E-state index contributed by atoms with van der Waals surface area (Å²) in [7, 11) is 0. The summed E-state index contributed by atoms with van der Waals surface area (Å²) in [6.45, 7) is 2.04. The molecule has 112 valence electrons. The van der Waals surface area contributed by atoms with Gasteiger partial charge in [-0.25, -0.2) is 0 Å². The predicted molar refractivity (Wildman–Crippen MR) is 76.6 cm³/mol. The van der Waals surface area contributed by atoms with Gasteiger partial charge in [-0.3, -0.25) is 0 Å². The van der Waals surface area contributed by atoms with Gasteiger partial charge in [-0.05, 0) is 42.3 Å². The van der Waals surface area contributed by atoms with E-state index in [0.717, 1.165) is 17.7 Å². The molecule has 2 aromatic carbocycles. The Morgan fingerprint density at radius 3 is 2.48 bits per heavy atom. The third-order valence-electron chi connectivity index (χ3n) is 3.06. The molecule has 21 heavy (non-hydrogen) atoms. The molecule has 0 fully saturated rings. The number of phenolic OH excluding ortho intramolecular Hbond substituents is 1. The molecular weight excluding hydrogens is 303 g/mol. The van der Waals surface area contributed by atoms with Gasteiger partial charge >= 0.3 is 6.18 Å². The van der Waals surface area contributed by atoms with Crippen molar-refractivity contribution in [1.29, 1.82) is 0 Å². The van der Waals surface area contributed by atoms with Gasteiger partial charge in [0.1, 0.15) is 5.75 Å². The molecule has 2 rings (SSSR count). The van der Waals surface area contributed by atoms with Crippen molar-refractivity contribution in [2.75, 3.05) is 5.32 Å². The Labute approximate surface area is 125 Å². The van der Waals surface area contributed by atoms with Crippen molar-refractivity contribution in [2.45, 2.75) is 19.6 Å². The number of anilines is 1. The minimum absolute atomic E-state index is 0.0318. The van der Waals surface area contributed by atoms with Crippen molar-refractivity contribution in [2.24, 2.45) is 0 Å². The van der Waals surface area contributed by atoms with Crippen molar-refractivity contribution in [3.05, 3.63) is 58.1 Å². The van der Waals surface area contributed by atoms with E-state index in [1.807, 2.05) is 0 Å². The molecular formula is C15H13ClF3NO. The van der Waals surface area contributed by atoms with Gasteiger partial charge in [0.05, 0.1) is 10.6 Å². The van der Waals surface area contributed by atoms with E-state index >= 15 is 0 Å². The first-order valence-electron chi connectivity index (χ1n) is 6.16. The lowest BCUT2D eigenvalue weighted by Crippen LogP contribution is -2.07. The molecule has 0 saturated carbocycles. The first-order chi connectivity index (χ1) is 9.77. The molecule has 2 nitrogen and oxygen atoms in total. The lowest BCUT2D eigenvalue weighted by Gasteiger charge is -2.13. The van der Waals surface area contributed by atoms with E-state index in [1.165, 1.54) is 12.1 Å². The highest BCUT2D eigenvalue weighted by atomic mass is 35.5. The molecule has 0 heterocycles. The van der Waals surface area contributed by atoms with Crippen LogP contribution in [0.2, 0.25) is 5.02 Å². The highest BCUT2D eigenvalue weighted by Gasteiger charge is 2.30. The number of hydrogen-bond donors (Lipinski definition) is 2. The summed E-state index contributed by atoms with van der Waals surface area (Å²) in [5.41, 5.74) is 1.19. The van der Waals surface area contributed by atoms with Gasteiger partial charge in [-0.1, -0.05) is 23.7 Å². The normalized spacial score (nSPS) is 11.5. The zero-order valence-corrected chi connectivity index (χ0v) is 11.9. The molecule has 0 saturated heterocycles. The Bertz CT molecular complexity index is 656. The van der Waals surface area contributed by atoms with Crippen molar-refractivity contribution < 1.29 is 18.3 Å². The fourth-order valence-corrected chi connectivity index (χ4v) is 2.05. The Hall–Kier alpha value is -1.88. The fraction of sp³-hybridized carbons (Fsp3) is 0.200. The average Bonchev–Trinajstić information content (AvgIpc) is 2.40. The summed E-state index contributed by atoms with van der Waals surface area (Å²) in [6, 6.07) is 8.21. The van der Waals surface area contributed by atoms with Crippen LogP contribution < -0.4 is 5.32 Å². The van der Waals surface area contributed by atoms with Crippen molar-refractivity contribution in [3.63, 3.8) is 0 Å². The molecule has 2 N–H and O–H groups in total. The SMILES string of the molecule is Cc1ccc(C(F)(F)F)cc1NCc1ccc(O)c(Cl)c1. The third-order valence-corrected chi connectivity index (χ3v) is 3.36. The van der Waals surface area contributed by atoms with Crippen molar-refractivity contribution in [3.8, 4) is 5.75 Å². The zero-order chi connectivity index (χ0) is 15.6. The van der Waals surface area contributed by atoms with Gasteiger partial charge in [-0.15, -0.1) is 0 Å². The Kier molecular flexibility index (Phi) is 4.32. The standard InChI is InChI=1S/C15H13ClF3NO/c1-9-2-4-11(15(17,18)19)7-13(9)20-8-10-3-5-14(21)12(16)6-10/h2-7,20-21H,8H2,1H3. The van der Waals surface area contributed by atoms with Crippen LogP contribution in [0.4, 0.5) is 18.9 Å². The Morgan fingerprint density at radius 2 is 1.86 bits per heavy atom. The molecule has 0 aromatic heterocycles. The summed E-state index contributed by atoms with van der Waals surface area (Å²) in [5, 5.41) is 12.5. The minimum Gasteiger partial charge on any atom is -0.506 e.